The molecule has 2 rings (SSSR count). The topological polar surface area (TPSA) is 96.4 Å². The van der Waals surface area contributed by atoms with E-state index in [9.17, 15) is 4.79 Å². The van der Waals surface area contributed by atoms with Gasteiger partial charge in [0.15, 0.2) is 0 Å². The van der Waals surface area contributed by atoms with Crippen LogP contribution in [0.1, 0.15) is 12.5 Å². The van der Waals surface area contributed by atoms with Gasteiger partial charge in [0.2, 0.25) is 0 Å². The van der Waals surface area contributed by atoms with Crippen LogP contribution in [0.3, 0.4) is 0 Å². The number of aliphatic carboxylic acids is 1. The maximum Gasteiger partial charge on any atom is 0.354 e. The Balaban J connectivity index is 2.48. The molecular weight excluding hydrogens is 304 g/mol. The second-order valence-corrected chi connectivity index (χ2v) is 4.96. The molecule has 5 nitrogen and oxygen atoms in total. The Kier molecular flexibility index (Phi) is 4.68. The molecule has 0 fully saturated rings. The number of nitrogen functional groups attached to an aromatic ring is 1. The average molecular weight is 319 g/mol. The summed E-state index contributed by atoms with van der Waals surface area (Å²) in [5, 5.41) is 16.9. The van der Waals surface area contributed by atoms with Crippen LogP contribution in [0.5, 0.6) is 5.75 Å². The molecule has 0 aliphatic heterocycles. The quantitative estimate of drug-likeness (QED) is 0.581. The Bertz CT molecular complexity index is 727. The number of carbonyl (C=O) groups is 1. The largest absolute Gasteiger partial charge is 0.494 e. The molecular formula is C16H15ClN2O3. The molecule has 0 amide bonds. The average Bonchev–Trinajstić information content (AvgIpc) is 2.48. The van der Waals surface area contributed by atoms with Crippen LogP contribution in [-0.2, 0) is 4.79 Å². The molecule has 0 aromatic heterocycles. The maximum absolute atomic E-state index is 11.0. The van der Waals surface area contributed by atoms with Gasteiger partial charge in [-0.1, -0.05) is 23.7 Å². The van der Waals surface area contributed by atoms with E-state index in [1.165, 1.54) is 12.1 Å². The number of benzene rings is 2. The second kappa shape index (κ2) is 6.49. The molecule has 0 bridgehead atoms. The lowest BCUT2D eigenvalue weighted by Gasteiger charge is -2.11. The zero-order chi connectivity index (χ0) is 16.3. The molecule has 0 radical (unpaired) electrons. The first-order valence-corrected chi connectivity index (χ1v) is 6.96. The van der Waals surface area contributed by atoms with Crippen molar-refractivity contribution in [2.45, 2.75) is 6.92 Å². The van der Waals surface area contributed by atoms with Gasteiger partial charge in [-0.2, -0.15) is 0 Å². The number of halogens is 1. The molecule has 0 spiro atoms. The molecule has 0 atom stereocenters. The van der Waals surface area contributed by atoms with Crippen molar-refractivity contribution in [2.24, 2.45) is 0 Å². The highest BCUT2D eigenvalue weighted by atomic mass is 35.5. The Morgan fingerprint density at radius 2 is 1.95 bits per heavy atom. The summed E-state index contributed by atoms with van der Waals surface area (Å²) in [4.78, 5) is 11.0. The van der Waals surface area contributed by atoms with E-state index in [0.29, 0.717) is 17.2 Å². The Morgan fingerprint density at radius 1 is 1.32 bits per heavy atom. The molecule has 6 heteroatoms. The van der Waals surface area contributed by atoms with Crippen molar-refractivity contribution in [2.75, 3.05) is 12.3 Å². The zero-order valence-corrected chi connectivity index (χ0v) is 12.6. The highest BCUT2D eigenvalue weighted by Gasteiger charge is 2.16. The van der Waals surface area contributed by atoms with Crippen LogP contribution in [0.4, 0.5) is 5.69 Å². The van der Waals surface area contributed by atoms with E-state index in [0.717, 1.165) is 11.3 Å². The van der Waals surface area contributed by atoms with Gasteiger partial charge in [-0.25, -0.2) is 4.79 Å². The first kappa shape index (κ1) is 15.9. The molecule has 4 N–H and O–H groups in total. The van der Waals surface area contributed by atoms with Crippen LogP contribution in [0.15, 0.2) is 36.4 Å². The fraction of sp³-hybridized carbons (Fsp3) is 0.125. The van der Waals surface area contributed by atoms with Gasteiger partial charge in [0.25, 0.3) is 0 Å². The number of carboxylic acid groups (broad SMARTS) is 1. The van der Waals surface area contributed by atoms with E-state index in [2.05, 4.69) is 0 Å². The third kappa shape index (κ3) is 3.20. The van der Waals surface area contributed by atoms with Crippen LogP contribution in [-0.4, -0.2) is 23.4 Å². The lowest BCUT2D eigenvalue weighted by Crippen LogP contribution is -2.15. The first-order chi connectivity index (χ1) is 10.4. The van der Waals surface area contributed by atoms with Crippen LogP contribution < -0.4 is 10.5 Å². The minimum Gasteiger partial charge on any atom is -0.494 e. The fourth-order valence-electron chi connectivity index (χ4n) is 2.04. The predicted molar refractivity (Wildman–Crippen MR) is 86.9 cm³/mol. The zero-order valence-electron chi connectivity index (χ0n) is 11.9. The van der Waals surface area contributed by atoms with Gasteiger partial charge in [0.1, 0.15) is 11.5 Å². The minimum atomic E-state index is -1.34. The molecule has 2 aromatic carbocycles. The first-order valence-electron chi connectivity index (χ1n) is 6.58. The van der Waals surface area contributed by atoms with Crippen molar-refractivity contribution >= 4 is 29.0 Å². The summed E-state index contributed by atoms with van der Waals surface area (Å²) in [5.41, 5.74) is 6.89. The highest BCUT2D eigenvalue weighted by molar-refractivity contribution is 6.43. The number of nitrogens with one attached hydrogen (secondary N) is 1. The van der Waals surface area contributed by atoms with Gasteiger partial charge < -0.3 is 15.6 Å². The molecule has 22 heavy (non-hydrogen) atoms. The molecule has 0 aliphatic rings. The molecule has 0 aliphatic carbocycles. The van der Waals surface area contributed by atoms with Crippen molar-refractivity contribution in [3.63, 3.8) is 0 Å². The Labute approximate surface area is 132 Å². The SMILES string of the molecule is CCOc1ccc(-c2cc(C(=N)C(=O)O)c(N)cc2Cl)cc1. The third-order valence-electron chi connectivity index (χ3n) is 3.10. The molecule has 2 aromatic rings. The normalized spacial score (nSPS) is 10.3. The van der Waals surface area contributed by atoms with E-state index < -0.39 is 11.7 Å². The highest BCUT2D eigenvalue weighted by Crippen LogP contribution is 2.33. The van der Waals surface area contributed by atoms with Gasteiger partial charge in [0, 0.05) is 16.8 Å². The molecule has 0 saturated heterocycles. The summed E-state index contributed by atoms with van der Waals surface area (Å²) in [6.07, 6.45) is 0. The number of hydrogen-bond donors (Lipinski definition) is 3. The van der Waals surface area contributed by atoms with Crippen molar-refractivity contribution < 1.29 is 14.6 Å². The Hall–Kier alpha value is -2.53. The number of hydrogen-bond acceptors (Lipinski definition) is 4. The summed E-state index contributed by atoms with van der Waals surface area (Å²) in [6, 6.07) is 10.2. The van der Waals surface area contributed by atoms with Crippen molar-refractivity contribution in [1.29, 1.82) is 5.41 Å². The summed E-state index contributed by atoms with van der Waals surface area (Å²) in [6.45, 7) is 2.47. The summed E-state index contributed by atoms with van der Waals surface area (Å²) < 4.78 is 5.37. The molecule has 0 saturated carbocycles. The molecule has 0 heterocycles. The lowest BCUT2D eigenvalue weighted by molar-refractivity contribution is -0.129. The number of ether oxygens (including phenoxy) is 1. The second-order valence-electron chi connectivity index (χ2n) is 4.56. The minimum absolute atomic E-state index is 0.140. The van der Waals surface area contributed by atoms with Crippen molar-refractivity contribution in [3.8, 4) is 16.9 Å². The van der Waals surface area contributed by atoms with Crippen LogP contribution in [0, 0.1) is 5.41 Å². The summed E-state index contributed by atoms with van der Waals surface area (Å²) in [5.74, 6) is -0.608. The van der Waals surface area contributed by atoms with Gasteiger partial charge in [-0.05, 0) is 36.8 Å². The smallest absolute Gasteiger partial charge is 0.354 e. The van der Waals surface area contributed by atoms with E-state index in [1.807, 2.05) is 19.1 Å². The molecule has 0 unspecified atom stereocenters. The van der Waals surface area contributed by atoms with E-state index in [1.54, 1.807) is 12.1 Å². The van der Waals surface area contributed by atoms with E-state index in [4.69, 9.17) is 32.6 Å². The van der Waals surface area contributed by atoms with Gasteiger partial charge in [-0.15, -0.1) is 0 Å². The fourth-order valence-corrected chi connectivity index (χ4v) is 2.32. The third-order valence-corrected chi connectivity index (χ3v) is 3.41. The number of nitrogens with two attached hydrogens (primary N) is 1. The summed E-state index contributed by atoms with van der Waals surface area (Å²) >= 11 is 6.19. The summed E-state index contributed by atoms with van der Waals surface area (Å²) in [7, 11) is 0. The van der Waals surface area contributed by atoms with Gasteiger partial charge >= 0.3 is 5.97 Å². The van der Waals surface area contributed by atoms with Gasteiger partial charge in [0.05, 0.1) is 11.6 Å². The number of anilines is 1. The van der Waals surface area contributed by atoms with Gasteiger partial charge in [-0.3, -0.25) is 5.41 Å². The monoisotopic (exact) mass is 318 g/mol. The van der Waals surface area contributed by atoms with Crippen molar-refractivity contribution in [1.82, 2.24) is 0 Å². The number of carboxylic acids is 1. The van der Waals surface area contributed by atoms with E-state index >= 15 is 0 Å². The van der Waals surface area contributed by atoms with Crippen LogP contribution in [0.25, 0.3) is 11.1 Å². The predicted octanol–water partition coefficient (Wildman–Crippen LogP) is 3.44. The molecule has 114 valence electrons. The van der Waals surface area contributed by atoms with Crippen LogP contribution in [0.2, 0.25) is 5.02 Å². The van der Waals surface area contributed by atoms with Crippen molar-refractivity contribution in [3.05, 3.63) is 47.0 Å². The Morgan fingerprint density at radius 3 is 2.50 bits per heavy atom. The standard InChI is InChI=1S/C16H15ClN2O3/c1-2-22-10-5-3-9(4-6-10)11-7-12(15(19)16(20)21)14(18)8-13(11)17/h3-8,19H,2,18H2,1H3,(H,20,21). The van der Waals surface area contributed by atoms with Crippen LogP contribution >= 0.6 is 11.6 Å². The number of rotatable bonds is 5. The van der Waals surface area contributed by atoms with E-state index in [-0.39, 0.29) is 11.3 Å². The maximum atomic E-state index is 11.0. The lowest BCUT2D eigenvalue weighted by atomic mass is 9.99.